The summed E-state index contributed by atoms with van der Waals surface area (Å²) in [4.78, 5) is 0. The molecule has 0 unspecified atom stereocenters. The van der Waals surface area contributed by atoms with E-state index in [-0.39, 0.29) is 17.9 Å². The van der Waals surface area contributed by atoms with Crippen LogP contribution in [0.4, 0.5) is 5.82 Å². The number of nitrogens with two attached hydrogens (primary N) is 2. The second-order valence-corrected chi connectivity index (χ2v) is 2.93. The van der Waals surface area contributed by atoms with Crippen molar-refractivity contribution in [3.05, 3.63) is 11.8 Å². The number of H-pyrrole nitrogens is 1. The van der Waals surface area contributed by atoms with E-state index in [1.807, 2.05) is 13.8 Å². The summed E-state index contributed by atoms with van der Waals surface area (Å²) in [5.41, 5.74) is 11.6. The van der Waals surface area contributed by atoms with E-state index in [4.69, 9.17) is 11.5 Å². The minimum absolute atomic E-state index is 0. The average molecular weight is 177 g/mol. The molecule has 64 valence electrons. The van der Waals surface area contributed by atoms with Crippen LogP contribution in [0.2, 0.25) is 0 Å². The molecule has 0 aliphatic carbocycles. The molecule has 0 aromatic carbocycles. The van der Waals surface area contributed by atoms with Gasteiger partial charge in [0.2, 0.25) is 0 Å². The number of nitrogen functional groups attached to an aromatic ring is 1. The number of hydrogen-bond acceptors (Lipinski definition) is 3. The second-order valence-electron chi connectivity index (χ2n) is 2.93. The molecule has 0 saturated heterocycles. The maximum absolute atomic E-state index is 5.74. The van der Waals surface area contributed by atoms with Crippen LogP contribution in [-0.2, 0) is 5.54 Å². The SMILES string of the molecule is CC(C)(N)c1cc(N)n[nH]1.Cl. The minimum Gasteiger partial charge on any atom is -0.382 e. The van der Waals surface area contributed by atoms with E-state index in [0.717, 1.165) is 5.69 Å². The van der Waals surface area contributed by atoms with E-state index in [9.17, 15) is 0 Å². The van der Waals surface area contributed by atoms with Crippen molar-refractivity contribution in [3.8, 4) is 0 Å². The monoisotopic (exact) mass is 176 g/mol. The largest absolute Gasteiger partial charge is 0.382 e. The van der Waals surface area contributed by atoms with Crippen LogP contribution in [0.25, 0.3) is 0 Å². The summed E-state index contributed by atoms with van der Waals surface area (Å²) in [6.45, 7) is 3.78. The Morgan fingerprint density at radius 3 is 2.27 bits per heavy atom. The summed E-state index contributed by atoms with van der Waals surface area (Å²) in [6.07, 6.45) is 0. The van der Waals surface area contributed by atoms with Crippen LogP contribution in [0.3, 0.4) is 0 Å². The Morgan fingerprint density at radius 2 is 2.09 bits per heavy atom. The van der Waals surface area contributed by atoms with Crippen LogP contribution < -0.4 is 11.5 Å². The zero-order chi connectivity index (χ0) is 7.78. The lowest BCUT2D eigenvalue weighted by Gasteiger charge is -2.14. The van der Waals surface area contributed by atoms with Gasteiger partial charge in [0.1, 0.15) is 5.82 Å². The van der Waals surface area contributed by atoms with E-state index in [1.54, 1.807) is 6.07 Å². The lowest BCUT2D eigenvalue weighted by Crippen LogP contribution is -2.29. The molecule has 0 saturated carbocycles. The second kappa shape index (κ2) is 3.11. The highest BCUT2D eigenvalue weighted by Gasteiger charge is 2.15. The molecular weight excluding hydrogens is 164 g/mol. The maximum atomic E-state index is 5.74. The van der Waals surface area contributed by atoms with Gasteiger partial charge in [-0.1, -0.05) is 0 Å². The zero-order valence-electron chi connectivity index (χ0n) is 6.59. The maximum Gasteiger partial charge on any atom is 0.145 e. The summed E-state index contributed by atoms with van der Waals surface area (Å²) in [5.74, 6) is 0.480. The number of nitrogens with one attached hydrogen (secondary N) is 1. The molecule has 1 aromatic rings. The van der Waals surface area contributed by atoms with Crippen LogP contribution in [-0.4, -0.2) is 10.2 Å². The topological polar surface area (TPSA) is 80.7 Å². The predicted molar refractivity (Wildman–Crippen MR) is 47.5 cm³/mol. The molecule has 1 heterocycles. The van der Waals surface area contributed by atoms with Gasteiger partial charge in [-0.15, -0.1) is 12.4 Å². The molecule has 0 fully saturated rings. The normalized spacial score (nSPS) is 10.8. The molecule has 0 bridgehead atoms. The predicted octanol–water partition coefficient (Wildman–Crippen LogP) is 0.607. The number of nitrogens with zero attached hydrogens (tertiary/aromatic N) is 1. The molecule has 0 amide bonds. The summed E-state index contributed by atoms with van der Waals surface area (Å²) >= 11 is 0. The van der Waals surface area contributed by atoms with Gasteiger partial charge in [0.25, 0.3) is 0 Å². The van der Waals surface area contributed by atoms with Gasteiger partial charge in [0.15, 0.2) is 0 Å². The van der Waals surface area contributed by atoms with Gasteiger partial charge in [-0.3, -0.25) is 5.10 Å². The van der Waals surface area contributed by atoms with Gasteiger partial charge in [0, 0.05) is 6.07 Å². The molecule has 5 heteroatoms. The number of aromatic nitrogens is 2. The Hall–Kier alpha value is -0.740. The van der Waals surface area contributed by atoms with Crippen molar-refractivity contribution in [1.82, 2.24) is 10.2 Å². The van der Waals surface area contributed by atoms with Crippen molar-refractivity contribution in [2.75, 3.05) is 5.73 Å². The van der Waals surface area contributed by atoms with Crippen LogP contribution in [0, 0.1) is 0 Å². The highest BCUT2D eigenvalue weighted by Crippen LogP contribution is 2.14. The fourth-order valence-corrected chi connectivity index (χ4v) is 0.667. The molecule has 1 rings (SSSR count). The Labute approximate surface area is 71.8 Å². The molecule has 0 spiro atoms. The fraction of sp³-hybridized carbons (Fsp3) is 0.500. The average Bonchev–Trinajstić information content (AvgIpc) is 2.11. The molecule has 0 radical (unpaired) electrons. The summed E-state index contributed by atoms with van der Waals surface area (Å²) in [7, 11) is 0. The summed E-state index contributed by atoms with van der Waals surface area (Å²) < 4.78 is 0. The number of halogens is 1. The first kappa shape index (κ1) is 10.3. The molecule has 11 heavy (non-hydrogen) atoms. The number of anilines is 1. The lowest BCUT2D eigenvalue weighted by atomic mass is 10.0. The Kier molecular flexibility index (Phi) is 2.90. The van der Waals surface area contributed by atoms with Crippen LogP contribution in [0.5, 0.6) is 0 Å². The van der Waals surface area contributed by atoms with Gasteiger partial charge in [0.05, 0.1) is 11.2 Å². The lowest BCUT2D eigenvalue weighted by molar-refractivity contribution is 0.533. The van der Waals surface area contributed by atoms with Gasteiger partial charge in [-0.25, -0.2) is 0 Å². The van der Waals surface area contributed by atoms with Crippen molar-refractivity contribution < 1.29 is 0 Å². The van der Waals surface area contributed by atoms with Crippen molar-refractivity contribution in [2.24, 2.45) is 5.73 Å². The highest BCUT2D eigenvalue weighted by molar-refractivity contribution is 5.85. The van der Waals surface area contributed by atoms with Crippen LogP contribution in [0.1, 0.15) is 19.5 Å². The van der Waals surface area contributed by atoms with Crippen molar-refractivity contribution in [1.29, 1.82) is 0 Å². The summed E-state index contributed by atoms with van der Waals surface area (Å²) in [5, 5.41) is 6.50. The molecule has 0 aliphatic rings. The highest BCUT2D eigenvalue weighted by atomic mass is 35.5. The molecule has 0 aliphatic heterocycles. The van der Waals surface area contributed by atoms with Crippen LogP contribution in [0.15, 0.2) is 6.07 Å². The molecule has 5 N–H and O–H groups in total. The minimum atomic E-state index is -0.384. The first-order valence-electron chi connectivity index (χ1n) is 3.10. The third-order valence-electron chi connectivity index (χ3n) is 1.29. The zero-order valence-corrected chi connectivity index (χ0v) is 7.40. The Bertz CT molecular complexity index is 225. The molecule has 4 nitrogen and oxygen atoms in total. The smallest absolute Gasteiger partial charge is 0.145 e. The van der Waals surface area contributed by atoms with E-state index in [1.165, 1.54) is 0 Å². The van der Waals surface area contributed by atoms with Crippen LogP contribution >= 0.6 is 12.4 Å². The Balaban J connectivity index is 0.000001000. The van der Waals surface area contributed by atoms with Crippen molar-refractivity contribution >= 4 is 18.2 Å². The quantitative estimate of drug-likeness (QED) is 0.587. The molecular formula is C6H13ClN4. The first-order chi connectivity index (χ1) is 4.50. The number of hydrogen-bond donors (Lipinski definition) is 3. The third-order valence-corrected chi connectivity index (χ3v) is 1.29. The van der Waals surface area contributed by atoms with Gasteiger partial charge in [-0.2, -0.15) is 5.10 Å². The summed E-state index contributed by atoms with van der Waals surface area (Å²) in [6, 6.07) is 1.74. The van der Waals surface area contributed by atoms with Crippen molar-refractivity contribution in [3.63, 3.8) is 0 Å². The third kappa shape index (κ3) is 2.40. The standard InChI is InChI=1S/C6H12N4.ClH/c1-6(2,8)4-3-5(7)10-9-4;/h3H,8H2,1-2H3,(H3,7,9,10);1H. The molecule has 1 aromatic heterocycles. The van der Waals surface area contributed by atoms with Gasteiger partial charge in [-0.05, 0) is 13.8 Å². The van der Waals surface area contributed by atoms with E-state index >= 15 is 0 Å². The van der Waals surface area contributed by atoms with E-state index in [2.05, 4.69) is 10.2 Å². The van der Waals surface area contributed by atoms with E-state index in [0.29, 0.717) is 5.82 Å². The van der Waals surface area contributed by atoms with Gasteiger partial charge >= 0.3 is 0 Å². The molecule has 0 atom stereocenters. The van der Waals surface area contributed by atoms with Crippen molar-refractivity contribution in [2.45, 2.75) is 19.4 Å². The number of aromatic amines is 1. The number of rotatable bonds is 1. The Morgan fingerprint density at radius 1 is 1.55 bits per heavy atom. The van der Waals surface area contributed by atoms with E-state index < -0.39 is 0 Å². The first-order valence-corrected chi connectivity index (χ1v) is 3.10. The fourth-order valence-electron chi connectivity index (χ4n) is 0.667. The van der Waals surface area contributed by atoms with Gasteiger partial charge < -0.3 is 11.5 Å².